The Morgan fingerprint density at radius 2 is 2.12 bits per heavy atom. The number of nitrogens with zero attached hydrogens (tertiary/aromatic N) is 3. The number of hydrogen-bond acceptors (Lipinski definition) is 6. The van der Waals surface area contributed by atoms with Crippen LogP contribution in [0.15, 0.2) is 28.8 Å². The Morgan fingerprint density at radius 1 is 1.38 bits per heavy atom. The Morgan fingerprint density at radius 3 is 2.77 bits per heavy atom. The zero-order valence-electron chi connectivity index (χ0n) is 13.9. The maximum Gasteiger partial charge on any atom is 0.274 e. The Hall–Kier alpha value is -3.30. The third kappa shape index (κ3) is 3.85. The molecule has 10 heteroatoms. The van der Waals surface area contributed by atoms with E-state index in [-0.39, 0.29) is 18.1 Å². The molecule has 0 fully saturated rings. The van der Waals surface area contributed by atoms with E-state index in [4.69, 9.17) is 9.26 Å². The van der Waals surface area contributed by atoms with Crippen LogP contribution >= 0.6 is 0 Å². The van der Waals surface area contributed by atoms with Crippen molar-refractivity contribution in [3.63, 3.8) is 0 Å². The maximum absolute atomic E-state index is 13.5. The molecule has 0 aliphatic heterocycles. The van der Waals surface area contributed by atoms with Crippen LogP contribution in [0.5, 0.6) is 5.75 Å². The number of halogens is 2. The maximum atomic E-state index is 13.5. The lowest BCUT2D eigenvalue weighted by Crippen LogP contribution is -2.27. The van der Waals surface area contributed by atoms with Crippen molar-refractivity contribution in [1.82, 2.24) is 25.7 Å². The Bertz CT molecular complexity index is 904. The van der Waals surface area contributed by atoms with Crippen molar-refractivity contribution >= 4 is 5.91 Å². The number of aromatic nitrogens is 4. The second-order valence-electron chi connectivity index (χ2n) is 5.49. The van der Waals surface area contributed by atoms with E-state index in [0.29, 0.717) is 11.6 Å². The Kier molecular flexibility index (Phi) is 4.92. The van der Waals surface area contributed by atoms with Crippen LogP contribution in [0, 0.1) is 18.6 Å². The predicted octanol–water partition coefficient (Wildman–Crippen LogP) is 2.45. The topological polar surface area (TPSA) is 106 Å². The van der Waals surface area contributed by atoms with Gasteiger partial charge in [-0.1, -0.05) is 11.2 Å². The van der Waals surface area contributed by atoms with Crippen molar-refractivity contribution in [2.24, 2.45) is 0 Å². The predicted molar refractivity (Wildman–Crippen MR) is 84.2 cm³/mol. The Balaban J connectivity index is 1.61. The highest BCUT2D eigenvalue weighted by molar-refractivity contribution is 5.92. The number of hydrogen-bond donors (Lipinski definition) is 2. The number of carbonyl (C=O) groups excluding carboxylic acids is 1. The molecule has 0 saturated heterocycles. The standard InChI is InChI=1S/C16H15F2N5O3/c1-8(15-20-9(2)21-22-15)19-16(24)13-6-10(26-23-13)7-25-14-11(17)4-3-5-12(14)18/h3-6,8H,7H2,1-2H3,(H,19,24)(H,20,21,22)/t8-/m1/s1. The summed E-state index contributed by atoms with van der Waals surface area (Å²) in [7, 11) is 0. The summed E-state index contributed by atoms with van der Waals surface area (Å²) in [6, 6.07) is 4.25. The van der Waals surface area contributed by atoms with Crippen molar-refractivity contribution in [2.75, 3.05) is 0 Å². The van der Waals surface area contributed by atoms with Gasteiger partial charge in [-0.05, 0) is 26.0 Å². The van der Waals surface area contributed by atoms with Gasteiger partial charge < -0.3 is 14.6 Å². The quantitative estimate of drug-likeness (QED) is 0.697. The molecular weight excluding hydrogens is 348 g/mol. The normalized spacial score (nSPS) is 12.0. The minimum atomic E-state index is -0.835. The number of amides is 1. The summed E-state index contributed by atoms with van der Waals surface area (Å²) in [6.45, 7) is 3.17. The summed E-state index contributed by atoms with van der Waals surface area (Å²) in [6.07, 6.45) is 0. The van der Waals surface area contributed by atoms with Crippen molar-refractivity contribution in [2.45, 2.75) is 26.5 Å². The fraction of sp³-hybridized carbons (Fsp3) is 0.250. The molecule has 0 saturated carbocycles. The first kappa shape index (κ1) is 17.5. The number of nitrogens with one attached hydrogen (secondary N) is 2. The van der Waals surface area contributed by atoms with Gasteiger partial charge in [0.05, 0.1) is 6.04 Å². The average molecular weight is 363 g/mol. The van der Waals surface area contributed by atoms with Gasteiger partial charge in [0.2, 0.25) is 0 Å². The lowest BCUT2D eigenvalue weighted by atomic mass is 10.3. The van der Waals surface area contributed by atoms with E-state index in [1.54, 1.807) is 13.8 Å². The summed E-state index contributed by atoms with van der Waals surface area (Å²) in [5, 5.41) is 12.9. The molecule has 0 unspecified atom stereocenters. The van der Waals surface area contributed by atoms with Gasteiger partial charge in [0, 0.05) is 6.07 Å². The molecule has 1 aromatic carbocycles. The second-order valence-corrected chi connectivity index (χ2v) is 5.49. The first-order valence-corrected chi connectivity index (χ1v) is 7.66. The van der Waals surface area contributed by atoms with Gasteiger partial charge in [0.1, 0.15) is 12.4 Å². The van der Waals surface area contributed by atoms with E-state index < -0.39 is 29.3 Å². The smallest absolute Gasteiger partial charge is 0.274 e. The third-order valence-corrected chi connectivity index (χ3v) is 3.42. The average Bonchev–Trinajstić information content (AvgIpc) is 3.23. The number of para-hydroxylation sites is 1. The molecular formula is C16H15F2N5O3. The lowest BCUT2D eigenvalue weighted by molar-refractivity contribution is 0.0929. The van der Waals surface area contributed by atoms with Crippen LogP contribution in [-0.2, 0) is 6.61 Å². The van der Waals surface area contributed by atoms with Gasteiger partial charge in [-0.15, -0.1) is 0 Å². The van der Waals surface area contributed by atoms with Crippen molar-refractivity contribution in [1.29, 1.82) is 0 Å². The number of benzene rings is 1. The number of rotatable bonds is 6. The highest BCUT2D eigenvalue weighted by Gasteiger charge is 2.19. The van der Waals surface area contributed by atoms with Gasteiger partial charge in [-0.25, -0.2) is 13.8 Å². The van der Waals surface area contributed by atoms with Crippen LogP contribution in [0.2, 0.25) is 0 Å². The zero-order valence-corrected chi connectivity index (χ0v) is 13.9. The summed E-state index contributed by atoms with van der Waals surface area (Å²) < 4.78 is 37.0. The lowest BCUT2D eigenvalue weighted by Gasteiger charge is -2.08. The molecule has 136 valence electrons. The van der Waals surface area contributed by atoms with Crippen molar-refractivity contribution < 1.29 is 22.8 Å². The summed E-state index contributed by atoms with van der Waals surface area (Å²) >= 11 is 0. The Labute approximate surface area is 146 Å². The number of aryl methyl sites for hydroxylation is 1. The second kappa shape index (κ2) is 7.30. The molecule has 1 atom stereocenters. The third-order valence-electron chi connectivity index (χ3n) is 3.42. The van der Waals surface area contributed by atoms with E-state index in [1.807, 2.05) is 0 Å². The van der Waals surface area contributed by atoms with Crippen LogP contribution in [-0.4, -0.2) is 26.2 Å². The fourth-order valence-electron chi connectivity index (χ4n) is 2.14. The van der Waals surface area contributed by atoms with Gasteiger partial charge >= 0.3 is 0 Å². The zero-order chi connectivity index (χ0) is 18.7. The number of carbonyl (C=O) groups is 1. The molecule has 2 heterocycles. The number of H-pyrrole nitrogens is 1. The number of aromatic amines is 1. The van der Waals surface area contributed by atoms with Crippen LogP contribution in [0.3, 0.4) is 0 Å². The molecule has 8 nitrogen and oxygen atoms in total. The van der Waals surface area contributed by atoms with Gasteiger partial charge in [-0.2, -0.15) is 5.10 Å². The van der Waals surface area contributed by atoms with Crippen molar-refractivity contribution in [3.8, 4) is 5.75 Å². The highest BCUT2D eigenvalue weighted by Crippen LogP contribution is 2.22. The van der Waals surface area contributed by atoms with Crippen LogP contribution in [0.4, 0.5) is 8.78 Å². The highest BCUT2D eigenvalue weighted by atomic mass is 19.1. The molecule has 2 aromatic heterocycles. The van der Waals surface area contributed by atoms with E-state index in [0.717, 1.165) is 12.1 Å². The number of ether oxygens (including phenoxy) is 1. The molecule has 2 N–H and O–H groups in total. The monoisotopic (exact) mass is 363 g/mol. The van der Waals surface area contributed by atoms with Gasteiger partial charge in [0.15, 0.2) is 34.7 Å². The molecule has 0 aliphatic carbocycles. The molecule has 26 heavy (non-hydrogen) atoms. The minimum absolute atomic E-state index is 0.00304. The molecule has 3 aromatic rings. The first-order valence-electron chi connectivity index (χ1n) is 7.66. The van der Waals surface area contributed by atoms with Crippen LogP contribution in [0.1, 0.15) is 40.9 Å². The van der Waals surface area contributed by atoms with E-state index >= 15 is 0 Å². The largest absolute Gasteiger partial charge is 0.479 e. The molecule has 0 spiro atoms. The molecule has 3 rings (SSSR count). The summed E-state index contributed by atoms with van der Waals surface area (Å²) in [5.74, 6) is -1.51. The van der Waals surface area contributed by atoms with Crippen molar-refractivity contribution in [3.05, 3.63) is 59.0 Å². The van der Waals surface area contributed by atoms with E-state index in [9.17, 15) is 13.6 Å². The van der Waals surface area contributed by atoms with Gasteiger partial charge in [0.25, 0.3) is 5.91 Å². The van der Waals surface area contributed by atoms with E-state index in [1.165, 1.54) is 12.1 Å². The molecule has 1 amide bonds. The van der Waals surface area contributed by atoms with E-state index in [2.05, 4.69) is 25.7 Å². The van der Waals surface area contributed by atoms with Crippen LogP contribution in [0.25, 0.3) is 0 Å². The fourth-order valence-corrected chi connectivity index (χ4v) is 2.14. The molecule has 0 aliphatic rings. The molecule has 0 radical (unpaired) electrons. The first-order chi connectivity index (χ1) is 12.4. The summed E-state index contributed by atoms with van der Waals surface area (Å²) in [5.41, 5.74) is -0.00304. The SMILES string of the molecule is Cc1nc([C@@H](C)NC(=O)c2cc(COc3c(F)cccc3F)on2)n[nH]1. The van der Waals surface area contributed by atoms with Crippen LogP contribution < -0.4 is 10.1 Å². The molecule has 0 bridgehead atoms. The summed E-state index contributed by atoms with van der Waals surface area (Å²) in [4.78, 5) is 16.3. The van der Waals surface area contributed by atoms with Gasteiger partial charge in [-0.3, -0.25) is 9.89 Å². The minimum Gasteiger partial charge on any atom is -0.479 e.